The topological polar surface area (TPSA) is 17.1 Å². The van der Waals surface area contributed by atoms with E-state index in [2.05, 4.69) is 0 Å². The lowest BCUT2D eigenvalue weighted by Gasteiger charge is -2.29. The number of hydrogen-bond donors (Lipinski definition) is 0. The lowest BCUT2D eigenvalue weighted by molar-refractivity contribution is -0.885. The van der Waals surface area contributed by atoms with Crippen molar-refractivity contribution in [2.24, 2.45) is 0 Å². The second-order valence-electron chi connectivity index (χ2n) is 3.23. The molecule has 0 aromatic heterocycles. The van der Waals surface area contributed by atoms with Crippen LogP contribution >= 0.6 is 0 Å². The zero-order valence-corrected chi connectivity index (χ0v) is 6.72. The third-order valence-electron chi connectivity index (χ3n) is 1.57. The first kappa shape index (κ1) is 8.63. The first-order valence-electron chi connectivity index (χ1n) is 3.28. The van der Waals surface area contributed by atoms with E-state index in [0.29, 0.717) is 0 Å². The minimum Gasteiger partial charge on any atom is -0.323 e. The van der Waals surface area contributed by atoms with Gasteiger partial charge in [-0.05, 0) is 0 Å². The van der Waals surface area contributed by atoms with E-state index in [0.717, 1.165) is 17.2 Å². The molecule has 0 N–H and O–H groups in total. The summed E-state index contributed by atoms with van der Waals surface area (Å²) in [5.74, 6) is 0. The van der Waals surface area contributed by atoms with Crippen molar-refractivity contribution in [2.45, 2.75) is 19.4 Å². The second-order valence-corrected chi connectivity index (χ2v) is 3.23. The molecule has 0 radical (unpaired) electrons. The fourth-order valence-corrected chi connectivity index (χ4v) is 0.827. The lowest BCUT2D eigenvalue weighted by atomic mass is 10.2. The van der Waals surface area contributed by atoms with E-state index in [9.17, 15) is 4.79 Å². The van der Waals surface area contributed by atoms with Gasteiger partial charge in [-0.15, -0.1) is 0 Å². The van der Waals surface area contributed by atoms with Gasteiger partial charge in [-0.2, -0.15) is 0 Å². The summed E-state index contributed by atoms with van der Waals surface area (Å²) in [4.78, 5) is 10.4. The van der Waals surface area contributed by atoms with Crippen LogP contribution in [0.4, 0.5) is 0 Å². The maximum atomic E-state index is 10.4. The Bertz CT molecular complexity index is 93.6. The number of hydrogen-bond acceptors (Lipinski definition) is 1. The van der Waals surface area contributed by atoms with Gasteiger partial charge in [0.2, 0.25) is 0 Å². The number of aldehydes is 1. The Hall–Kier alpha value is -0.370. The number of carbonyl (C=O) groups is 1. The molecule has 54 valence electrons. The van der Waals surface area contributed by atoms with Gasteiger partial charge >= 0.3 is 0 Å². The van der Waals surface area contributed by atoms with E-state index in [4.69, 9.17) is 0 Å². The first-order valence-corrected chi connectivity index (χ1v) is 3.28. The summed E-state index contributed by atoms with van der Waals surface area (Å²) in [5, 5.41) is 0. The highest BCUT2D eigenvalue weighted by Gasteiger charge is 2.19. The van der Waals surface area contributed by atoms with Gasteiger partial charge in [-0.25, -0.2) is 0 Å². The van der Waals surface area contributed by atoms with Crippen molar-refractivity contribution in [3.8, 4) is 0 Å². The van der Waals surface area contributed by atoms with Crippen molar-refractivity contribution in [3.63, 3.8) is 0 Å². The first-order chi connectivity index (χ1) is 4.02. The number of quaternary nitrogens is 1. The zero-order chi connectivity index (χ0) is 7.49. The van der Waals surface area contributed by atoms with Crippen LogP contribution in [0.3, 0.4) is 0 Å². The van der Waals surface area contributed by atoms with E-state index >= 15 is 0 Å². The smallest absolute Gasteiger partial charge is 0.177 e. The molecule has 0 saturated carbocycles. The summed E-state index contributed by atoms with van der Waals surface area (Å²) >= 11 is 0. The predicted molar refractivity (Wildman–Crippen MR) is 38.2 cm³/mol. The van der Waals surface area contributed by atoms with Crippen molar-refractivity contribution in [3.05, 3.63) is 0 Å². The summed E-state index contributed by atoms with van der Waals surface area (Å²) < 4.78 is 0.736. The van der Waals surface area contributed by atoms with E-state index in [1.165, 1.54) is 0 Å². The highest BCUT2D eigenvalue weighted by Crippen LogP contribution is 2.02. The maximum absolute atomic E-state index is 10.4. The second kappa shape index (κ2) is 2.97. The summed E-state index contributed by atoms with van der Waals surface area (Å²) in [6, 6.07) is 0.157. The molecular weight excluding hydrogens is 114 g/mol. The number of likely N-dealkylation sites (N-methyl/N-ethyl adjacent to an activating group) is 1. The molecule has 0 aliphatic rings. The predicted octanol–water partition coefficient (Wildman–Crippen LogP) is 0.670. The summed E-state index contributed by atoms with van der Waals surface area (Å²) in [6.45, 7) is 2.03. The molecule has 2 nitrogen and oxygen atoms in total. The van der Waals surface area contributed by atoms with Crippen LogP contribution in [0, 0.1) is 0 Å². The van der Waals surface area contributed by atoms with Crippen molar-refractivity contribution >= 4 is 6.29 Å². The van der Waals surface area contributed by atoms with Crippen LogP contribution in [0.25, 0.3) is 0 Å². The fraction of sp³-hybridized carbons (Fsp3) is 0.857. The molecule has 0 spiro atoms. The van der Waals surface area contributed by atoms with E-state index < -0.39 is 0 Å². The lowest BCUT2D eigenvalue weighted by Crippen LogP contribution is -2.45. The van der Waals surface area contributed by atoms with Gasteiger partial charge < -0.3 is 4.48 Å². The molecule has 0 saturated heterocycles. The SMILES string of the molecule is CCC(C=O)[N+](C)(C)C. The molecular formula is C7H16NO+. The highest BCUT2D eigenvalue weighted by molar-refractivity contribution is 5.55. The number of carbonyl (C=O) groups excluding carboxylic acids is 1. The van der Waals surface area contributed by atoms with E-state index in [1.54, 1.807) is 0 Å². The van der Waals surface area contributed by atoms with Gasteiger partial charge in [0.05, 0.1) is 21.1 Å². The van der Waals surface area contributed by atoms with Crippen LogP contribution in [0.5, 0.6) is 0 Å². The van der Waals surface area contributed by atoms with Gasteiger partial charge in [0.25, 0.3) is 0 Å². The van der Waals surface area contributed by atoms with Crippen LogP contribution in [-0.2, 0) is 4.79 Å². The molecule has 0 aromatic carbocycles. The van der Waals surface area contributed by atoms with Gasteiger partial charge in [-0.3, -0.25) is 4.79 Å². The van der Waals surface area contributed by atoms with E-state index in [1.807, 2.05) is 28.1 Å². The summed E-state index contributed by atoms with van der Waals surface area (Å²) in [7, 11) is 6.09. The van der Waals surface area contributed by atoms with Crippen LogP contribution < -0.4 is 0 Å². The Kier molecular flexibility index (Phi) is 2.85. The van der Waals surface area contributed by atoms with E-state index in [-0.39, 0.29) is 6.04 Å². The minimum absolute atomic E-state index is 0.157. The highest BCUT2D eigenvalue weighted by atomic mass is 16.1. The van der Waals surface area contributed by atoms with Crippen LogP contribution in [-0.4, -0.2) is 38.0 Å². The fourth-order valence-electron chi connectivity index (χ4n) is 0.827. The van der Waals surface area contributed by atoms with Crippen LogP contribution in [0.15, 0.2) is 0 Å². The average molecular weight is 130 g/mol. The zero-order valence-electron chi connectivity index (χ0n) is 6.72. The van der Waals surface area contributed by atoms with Gasteiger partial charge in [0, 0.05) is 6.42 Å². The maximum Gasteiger partial charge on any atom is 0.177 e. The van der Waals surface area contributed by atoms with Crippen LogP contribution in [0.2, 0.25) is 0 Å². The average Bonchev–Trinajstić information content (AvgIpc) is 1.65. The number of nitrogens with zero attached hydrogens (tertiary/aromatic N) is 1. The Morgan fingerprint density at radius 1 is 1.44 bits per heavy atom. The Balaban J connectivity index is 3.94. The molecule has 1 atom stereocenters. The molecule has 0 amide bonds. The monoisotopic (exact) mass is 130 g/mol. The third-order valence-corrected chi connectivity index (χ3v) is 1.57. The Morgan fingerprint density at radius 3 is 1.89 bits per heavy atom. The Labute approximate surface area is 57.1 Å². The van der Waals surface area contributed by atoms with Crippen molar-refractivity contribution in [2.75, 3.05) is 21.1 Å². The molecule has 0 fully saturated rings. The standard InChI is InChI=1S/C7H16NO/c1-5-7(6-9)8(2,3)4/h6-7H,5H2,1-4H3/q+1. The normalized spacial score (nSPS) is 15.1. The van der Waals surface area contributed by atoms with Crippen molar-refractivity contribution in [1.29, 1.82) is 0 Å². The van der Waals surface area contributed by atoms with Gasteiger partial charge in [0.15, 0.2) is 6.29 Å². The summed E-state index contributed by atoms with van der Waals surface area (Å²) in [6.07, 6.45) is 1.95. The minimum atomic E-state index is 0.157. The molecule has 0 rings (SSSR count). The van der Waals surface area contributed by atoms with Gasteiger partial charge in [-0.1, -0.05) is 6.92 Å². The third kappa shape index (κ3) is 2.61. The number of rotatable bonds is 3. The molecule has 1 unspecified atom stereocenters. The molecule has 0 heterocycles. The Morgan fingerprint density at radius 2 is 1.89 bits per heavy atom. The largest absolute Gasteiger partial charge is 0.323 e. The molecule has 0 bridgehead atoms. The summed E-state index contributed by atoms with van der Waals surface area (Å²) in [5.41, 5.74) is 0. The molecule has 0 aromatic rings. The quantitative estimate of drug-likeness (QED) is 0.405. The van der Waals surface area contributed by atoms with Crippen LogP contribution in [0.1, 0.15) is 13.3 Å². The van der Waals surface area contributed by atoms with Gasteiger partial charge in [0.1, 0.15) is 6.04 Å². The molecule has 0 aliphatic heterocycles. The van der Waals surface area contributed by atoms with Crippen molar-refractivity contribution < 1.29 is 9.28 Å². The molecule has 9 heavy (non-hydrogen) atoms. The molecule has 0 aliphatic carbocycles. The molecule has 2 heteroatoms. The van der Waals surface area contributed by atoms with Crippen molar-refractivity contribution in [1.82, 2.24) is 0 Å².